The first-order valence-electron chi connectivity index (χ1n) is 4.25. The van der Waals surface area contributed by atoms with Crippen molar-refractivity contribution in [3.63, 3.8) is 0 Å². The molecule has 0 spiro atoms. The minimum absolute atomic E-state index is 0.245. The van der Waals surface area contributed by atoms with E-state index in [4.69, 9.17) is 10.5 Å². The smallest absolute Gasteiger partial charge is 0.323 e. The highest BCUT2D eigenvalue weighted by Gasteiger charge is 2.28. The molecule has 2 atom stereocenters. The molecule has 2 N–H and O–H groups in total. The van der Waals surface area contributed by atoms with Crippen LogP contribution in [-0.4, -0.2) is 30.1 Å². The number of thioether (sulfide) groups is 1. The first-order chi connectivity index (χ1) is 5.75. The van der Waals surface area contributed by atoms with E-state index in [1.54, 1.807) is 6.92 Å². The van der Waals surface area contributed by atoms with Crippen LogP contribution in [-0.2, 0) is 9.53 Å². The lowest BCUT2D eigenvalue weighted by Crippen LogP contribution is -2.39. The lowest BCUT2D eigenvalue weighted by molar-refractivity contribution is -0.145. The fourth-order valence-electron chi connectivity index (χ4n) is 1.27. The summed E-state index contributed by atoms with van der Waals surface area (Å²) in [5, 5.41) is 0. The Morgan fingerprint density at radius 1 is 1.83 bits per heavy atom. The van der Waals surface area contributed by atoms with Crippen LogP contribution in [0.1, 0.15) is 13.3 Å². The Hall–Kier alpha value is -0.220. The van der Waals surface area contributed by atoms with Crippen LogP contribution in [0, 0.1) is 5.92 Å². The molecule has 1 rings (SSSR count). The Labute approximate surface area is 77.0 Å². The summed E-state index contributed by atoms with van der Waals surface area (Å²) in [5.74, 6) is 2.21. The topological polar surface area (TPSA) is 52.3 Å². The van der Waals surface area contributed by atoms with Crippen molar-refractivity contribution >= 4 is 17.7 Å². The fourth-order valence-corrected chi connectivity index (χ4v) is 2.58. The van der Waals surface area contributed by atoms with Crippen molar-refractivity contribution in [1.29, 1.82) is 0 Å². The van der Waals surface area contributed by atoms with E-state index < -0.39 is 6.04 Å². The van der Waals surface area contributed by atoms with Gasteiger partial charge in [-0.25, -0.2) is 0 Å². The van der Waals surface area contributed by atoms with Gasteiger partial charge in [-0.1, -0.05) is 0 Å². The number of carbonyl (C=O) groups is 1. The minimum atomic E-state index is -0.403. The molecule has 1 aliphatic heterocycles. The summed E-state index contributed by atoms with van der Waals surface area (Å²) in [6, 6.07) is -0.403. The van der Waals surface area contributed by atoms with Crippen molar-refractivity contribution in [1.82, 2.24) is 0 Å². The van der Waals surface area contributed by atoms with E-state index >= 15 is 0 Å². The molecular weight excluding hydrogens is 174 g/mol. The number of esters is 1. The molecule has 70 valence electrons. The molecule has 0 aliphatic carbocycles. The van der Waals surface area contributed by atoms with Crippen LogP contribution in [0.3, 0.4) is 0 Å². The van der Waals surface area contributed by atoms with Crippen molar-refractivity contribution in [2.45, 2.75) is 19.4 Å². The number of nitrogens with two attached hydrogens (primary N) is 1. The third-order valence-electron chi connectivity index (χ3n) is 2.03. The molecule has 0 radical (unpaired) electrons. The first-order valence-corrected chi connectivity index (χ1v) is 5.41. The van der Waals surface area contributed by atoms with Crippen LogP contribution in [0.15, 0.2) is 0 Å². The molecule has 0 saturated carbocycles. The largest absolute Gasteiger partial charge is 0.465 e. The fraction of sp³-hybridized carbons (Fsp3) is 0.875. The molecular formula is C8H15NO2S. The lowest BCUT2D eigenvalue weighted by Gasteiger charge is -2.15. The highest BCUT2D eigenvalue weighted by Crippen LogP contribution is 2.25. The SMILES string of the molecule is CCOC(=O)C(N)C1CCSC1. The summed E-state index contributed by atoms with van der Waals surface area (Å²) in [6.07, 6.45) is 1.05. The highest BCUT2D eigenvalue weighted by molar-refractivity contribution is 7.99. The molecule has 3 nitrogen and oxygen atoms in total. The molecule has 0 aromatic carbocycles. The van der Waals surface area contributed by atoms with Gasteiger partial charge in [0.25, 0.3) is 0 Å². The van der Waals surface area contributed by atoms with Crippen LogP contribution in [0.25, 0.3) is 0 Å². The second-order valence-electron chi connectivity index (χ2n) is 2.90. The van der Waals surface area contributed by atoms with Gasteiger partial charge in [-0.15, -0.1) is 0 Å². The van der Waals surface area contributed by atoms with Gasteiger partial charge in [0, 0.05) is 0 Å². The molecule has 1 saturated heterocycles. The summed E-state index contributed by atoms with van der Waals surface area (Å²) in [7, 11) is 0. The van der Waals surface area contributed by atoms with Gasteiger partial charge in [-0.05, 0) is 30.8 Å². The number of carbonyl (C=O) groups excluding carboxylic acids is 1. The average Bonchev–Trinajstić information content (AvgIpc) is 2.55. The van der Waals surface area contributed by atoms with Crippen LogP contribution < -0.4 is 5.73 Å². The maximum atomic E-state index is 11.2. The summed E-state index contributed by atoms with van der Waals surface area (Å²) < 4.78 is 4.84. The van der Waals surface area contributed by atoms with Crippen LogP contribution in [0.2, 0.25) is 0 Å². The third-order valence-corrected chi connectivity index (χ3v) is 3.22. The normalized spacial score (nSPS) is 25.3. The lowest BCUT2D eigenvalue weighted by atomic mass is 10.0. The van der Waals surface area contributed by atoms with Gasteiger partial charge in [0.1, 0.15) is 6.04 Å². The zero-order chi connectivity index (χ0) is 8.97. The number of rotatable bonds is 3. The zero-order valence-electron chi connectivity index (χ0n) is 7.29. The molecule has 4 heteroatoms. The van der Waals surface area contributed by atoms with Crippen molar-refractivity contribution in [3.8, 4) is 0 Å². The molecule has 0 amide bonds. The van der Waals surface area contributed by atoms with Gasteiger partial charge >= 0.3 is 5.97 Å². The van der Waals surface area contributed by atoms with Gasteiger partial charge < -0.3 is 10.5 Å². The minimum Gasteiger partial charge on any atom is -0.465 e. The maximum Gasteiger partial charge on any atom is 0.323 e. The molecule has 0 aromatic heterocycles. The Kier molecular flexibility index (Phi) is 3.88. The Balaban J connectivity index is 2.34. The van der Waals surface area contributed by atoms with Gasteiger partial charge in [0.05, 0.1) is 6.61 Å². The van der Waals surface area contributed by atoms with Crippen molar-refractivity contribution in [2.75, 3.05) is 18.1 Å². The first kappa shape index (κ1) is 9.86. The van der Waals surface area contributed by atoms with Gasteiger partial charge in [-0.2, -0.15) is 11.8 Å². The Morgan fingerprint density at radius 2 is 2.58 bits per heavy atom. The predicted molar refractivity (Wildman–Crippen MR) is 50.0 cm³/mol. The standard InChI is InChI=1S/C8H15NO2S/c1-2-11-8(10)7(9)6-3-4-12-5-6/h6-7H,2-5,9H2,1H3. The zero-order valence-corrected chi connectivity index (χ0v) is 8.10. The van der Waals surface area contributed by atoms with E-state index in [1.807, 2.05) is 11.8 Å². The van der Waals surface area contributed by atoms with Crippen LogP contribution in [0.4, 0.5) is 0 Å². The van der Waals surface area contributed by atoms with Gasteiger partial charge in [-0.3, -0.25) is 4.79 Å². The molecule has 12 heavy (non-hydrogen) atoms. The summed E-state index contributed by atoms with van der Waals surface area (Å²) in [5.41, 5.74) is 5.72. The maximum absolute atomic E-state index is 11.2. The monoisotopic (exact) mass is 189 g/mol. The van der Waals surface area contributed by atoms with Gasteiger partial charge in [0.15, 0.2) is 0 Å². The molecule has 1 fully saturated rings. The van der Waals surface area contributed by atoms with Crippen molar-refractivity contribution < 1.29 is 9.53 Å². The van der Waals surface area contributed by atoms with E-state index in [-0.39, 0.29) is 5.97 Å². The second-order valence-corrected chi connectivity index (χ2v) is 4.05. The predicted octanol–water partition coefficient (Wildman–Crippen LogP) is 0.630. The van der Waals surface area contributed by atoms with E-state index in [0.717, 1.165) is 17.9 Å². The summed E-state index contributed by atoms with van der Waals surface area (Å²) in [4.78, 5) is 11.2. The number of hydrogen-bond acceptors (Lipinski definition) is 4. The summed E-state index contributed by atoms with van der Waals surface area (Å²) >= 11 is 1.86. The number of ether oxygens (including phenoxy) is 1. The van der Waals surface area contributed by atoms with E-state index in [9.17, 15) is 4.79 Å². The Morgan fingerprint density at radius 3 is 3.08 bits per heavy atom. The molecule has 0 aromatic rings. The molecule has 1 aliphatic rings. The quantitative estimate of drug-likeness (QED) is 0.662. The third kappa shape index (κ3) is 2.38. The average molecular weight is 189 g/mol. The van der Waals surface area contributed by atoms with Crippen LogP contribution in [0.5, 0.6) is 0 Å². The highest BCUT2D eigenvalue weighted by atomic mass is 32.2. The Bertz CT molecular complexity index is 157. The van der Waals surface area contributed by atoms with Crippen molar-refractivity contribution in [2.24, 2.45) is 11.7 Å². The van der Waals surface area contributed by atoms with Gasteiger partial charge in [0.2, 0.25) is 0 Å². The molecule has 2 unspecified atom stereocenters. The van der Waals surface area contributed by atoms with Crippen molar-refractivity contribution in [3.05, 3.63) is 0 Å². The van der Waals surface area contributed by atoms with E-state index in [2.05, 4.69) is 0 Å². The van der Waals surface area contributed by atoms with E-state index in [0.29, 0.717) is 12.5 Å². The second kappa shape index (κ2) is 4.72. The number of hydrogen-bond donors (Lipinski definition) is 1. The summed E-state index contributed by atoms with van der Waals surface area (Å²) in [6.45, 7) is 2.22. The molecule has 1 heterocycles. The van der Waals surface area contributed by atoms with Crippen LogP contribution >= 0.6 is 11.8 Å². The molecule has 0 bridgehead atoms. The van der Waals surface area contributed by atoms with E-state index in [1.165, 1.54) is 0 Å².